The van der Waals surface area contributed by atoms with Gasteiger partial charge in [0.1, 0.15) is 5.75 Å². The summed E-state index contributed by atoms with van der Waals surface area (Å²) in [4.78, 5) is 1.99. The monoisotopic (exact) mass is 341 g/mol. The predicted molar refractivity (Wildman–Crippen MR) is 102 cm³/mol. The first-order valence-corrected chi connectivity index (χ1v) is 8.55. The molecule has 0 unspecified atom stereocenters. The fourth-order valence-electron chi connectivity index (χ4n) is 2.93. The third-order valence-electron chi connectivity index (χ3n) is 4.21. The second-order valence-electron chi connectivity index (χ2n) is 6.27. The van der Waals surface area contributed by atoms with Gasteiger partial charge in [-0.15, -0.1) is 0 Å². The normalized spacial score (nSPS) is 12.0. The van der Waals surface area contributed by atoms with E-state index in [1.165, 1.54) is 0 Å². The van der Waals surface area contributed by atoms with Gasteiger partial charge in [-0.1, -0.05) is 42.5 Å². The van der Waals surface area contributed by atoms with Gasteiger partial charge in [-0.3, -0.25) is 4.90 Å². The van der Waals surface area contributed by atoms with Crippen molar-refractivity contribution < 1.29 is 15.3 Å². The number of aromatic hydroxyl groups is 1. The Morgan fingerprint density at radius 2 is 1.68 bits per heavy atom. The number of phenolic OH excluding ortho intramolecular Hbond substituents is 1. The minimum Gasteiger partial charge on any atom is -0.507 e. The van der Waals surface area contributed by atoms with Crippen molar-refractivity contribution in [1.29, 1.82) is 0 Å². The molecule has 0 atom stereocenters. The van der Waals surface area contributed by atoms with Crippen molar-refractivity contribution in [3.05, 3.63) is 64.7 Å². The van der Waals surface area contributed by atoms with E-state index in [-0.39, 0.29) is 13.2 Å². The zero-order valence-corrected chi connectivity index (χ0v) is 14.9. The van der Waals surface area contributed by atoms with E-state index in [0.29, 0.717) is 25.4 Å². The number of phenols is 1. The molecule has 2 aromatic carbocycles. The molecule has 2 rings (SSSR count). The number of nitrogens with zero attached hydrogens (tertiary/aromatic N) is 1. The number of allylic oxidation sites excluding steroid dienone is 1. The molecular weight excluding hydrogens is 314 g/mol. The second kappa shape index (κ2) is 9.37. The summed E-state index contributed by atoms with van der Waals surface area (Å²) in [7, 11) is 0. The molecule has 0 aromatic heterocycles. The van der Waals surface area contributed by atoms with Crippen LogP contribution in [0.25, 0.3) is 11.6 Å². The highest BCUT2D eigenvalue weighted by atomic mass is 16.3. The maximum absolute atomic E-state index is 10.5. The van der Waals surface area contributed by atoms with Gasteiger partial charge < -0.3 is 15.3 Å². The zero-order chi connectivity index (χ0) is 18.2. The van der Waals surface area contributed by atoms with Crippen molar-refractivity contribution in [2.45, 2.75) is 20.4 Å². The molecular formula is C21H27NO3. The summed E-state index contributed by atoms with van der Waals surface area (Å²) in [5, 5.41) is 28.8. The first-order valence-electron chi connectivity index (χ1n) is 8.55. The van der Waals surface area contributed by atoms with Gasteiger partial charge in [0.2, 0.25) is 0 Å². The van der Waals surface area contributed by atoms with Gasteiger partial charge in [-0.05, 0) is 42.2 Å². The van der Waals surface area contributed by atoms with Crippen LogP contribution in [-0.4, -0.2) is 46.5 Å². The average molecular weight is 341 g/mol. The molecule has 4 heteroatoms. The Morgan fingerprint density at radius 3 is 2.28 bits per heavy atom. The standard InChI is InChI=1S/C21H27NO3/c1-16(12-18-6-4-3-5-7-18)20-14-19(13-17(2)21(20)25)15-22(8-10-23)9-11-24/h3-7,12-14,23-25H,8-11,15H2,1-2H3. The molecule has 0 aliphatic carbocycles. The lowest BCUT2D eigenvalue weighted by Gasteiger charge is -2.21. The zero-order valence-electron chi connectivity index (χ0n) is 14.9. The van der Waals surface area contributed by atoms with Crippen LogP contribution in [0.1, 0.15) is 29.2 Å². The molecule has 0 aliphatic rings. The van der Waals surface area contributed by atoms with Crippen LogP contribution in [-0.2, 0) is 6.54 Å². The van der Waals surface area contributed by atoms with E-state index in [2.05, 4.69) is 6.08 Å². The van der Waals surface area contributed by atoms with Crippen molar-refractivity contribution in [1.82, 2.24) is 4.90 Å². The Kier molecular flexibility index (Phi) is 7.19. The molecule has 134 valence electrons. The molecule has 0 aliphatic heterocycles. The van der Waals surface area contributed by atoms with Crippen LogP contribution in [0, 0.1) is 6.92 Å². The topological polar surface area (TPSA) is 63.9 Å². The van der Waals surface area contributed by atoms with Crippen LogP contribution in [0.3, 0.4) is 0 Å². The molecule has 0 spiro atoms. The van der Waals surface area contributed by atoms with E-state index in [4.69, 9.17) is 0 Å². The van der Waals surface area contributed by atoms with E-state index in [0.717, 1.165) is 27.8 Å². The van der Waals surface area contributed by atoms with Crippen molar-refractivity contribution in [3.63, 3.8) is 0 Å². The van der Waals surface area contributed by atoms with Crippen LogP contribution in [0.2, 0.25) is 0 Å². The maximum atomic E-state index is 10.5. The van der Waals surface area contributed by atoms with Gasteiger partial charge in [-0.25, -0.2) is 0 Å². The molecule has 3 N–H and O–H groups in total. The van der Waals surface area contributed by atoms with E-state index in [1.807, 2.05) is 61.2 Å². The maximum Gasteiger partial charge on any atom is 0.125 e. The lowest BCUT2D eigenvalue weighted by molar-refractivity contribution is 0.156. The largest absolute Gasteiger partial charge is 0.507 e. The molecule has 0 bridgehead atoms. The van der Waals surface area contributed by atoms with Gasteiger partial charge in [-0.2, -0.15) is 0 Å². The smallest absolute Gasteiger partial charge is 0.125 e. The third kappa shape index (κ3) is 5.43. The number of aliphatic hydroxyl groups is 2. The fourth-order valence-corrected chi connectivity index (χ4v) is 2.93. The minimum absolute atomic E-state index is 0.0524. The molecule has 0 amide bonds. The quantitative estimate of drug-likeness (QED) is 0.646. The molecule has 25 heavy (non-hydrogen) atoms. The molecule has 0 fully saturated rings. The van der Waals surface area contributed by atoms with Crippen LogP contribution in [0.5, 0.6) is 5.75 Å². The molecule has 0 heterocycles. The summed E-state index contributed by atoms with van der Waals surface area (Å²) in [5.74, 6) is 0.296. The fraction of sp³-hybridized carbons (Fsp3) is 0.333. The summed E-state index contributed by atoms with van der Waals surface area (Å²) in [6.45, 7) is 5.62. The Balaban J connectivity index is 2.32. The summed E-state index contributed by atoms with van der Waals surface area (Å²) >= 11 is 0. The minimum atomic E-state index is 0.0524. The molecule has 2 aromatic rings. The highest BCUT2D eigenvalue weighted by Crippen LogP contribution is 2.31. The number of hydrogen-bond acceptors (Lipinski definition) is 4. The van der Waals surface area contributed by atoms with Crippen LogP contribution < -0.4 is 0 Å². The Bertz CT molecular complexity index is 705. The third-order valence-corrected chi connectivity index (χ3v) is 4.21. The average Bonchev–Trinajstić information content (AvgIpc) is 2.59. The van der Waals surface area contributed by atoms with Gasteiger partial charge in [0, 0.05) is 25.2 Å². The first kappa shape index (κ1) is 19.2. The number of hydrogen-bond donors (Lipinski definition) is 3. The van der Waals surface area contributed by atoms with Gasteiger partial charge >= 0.3 is 0 Å². The summed E-state index contributed by atoms with van der Waals surface area (Å²) in [6.07, 6.45) is 2.05. The van der Waals surface area contributed by atoms with E-state index in [9.17, 15) is 15.3 Å². The molecule has 0 saturated carbocycles. The highest BCUT2D eigenvalue weighted by Gasteiger charge is 2.12. The molecule has 0 saturated heterocycles. The van der Waals surface area contributed by atoms with Crippen molar-refractivity contribution in [2.24, 2.45) is 0 Å². The number of aliphatic hydroxyl groups excluding tert-OH is 2. The Morgan fingerprint density at radius 1 is 1.04 bits per heavy atom. The van der Waals surface area contributed by atoms with E-state index < -0.39 is 0 Å². The SMILES string of the molecule is CC(=Cc1ccccc1)c1cc(CN(CCO)CCO)cc(C)c1O. The van der Waals surface area contributed by atoms with Crippen molar-refractivity contribution >= 4 is 11.6 Å². The Hall–Kier alpha value is -2.14. The van der Waals surface area contributed by atoms with Gasteiger partial charge in [0.05, 0.1) is 13.2 Å². The van der Waals surface area contributed by atoms with Crippen LogP contribution in [0.15, 0.2) is 42.5 Å². The summed E-state index contributed by atoms with van der Waals surface area (Å²) in [5.41, 5.74) is 4.76. The van der Waals surface area contributed by atoms with Gasteiger partial charge in [0.25, 0.3) is 0 Å². The summed E-state index contributed by atoms with van der Waals surface area (Å²) < 4.78 is 0. The van der Waals surface area contributed by atoms with Crippen LogP contribution in [0.4, 0.5) is 0 Å². The predicted octanol–water partition coefficient (Wildman–Crippen LogP) is 3.05. The lowest BCUT2D eigenvalue weighted by atomic mass is 9.97. The van der Waals surface area contributed by atoms with E-state index in [1.54, 1.807) is 0 Å². The second-order valence-corrected chi connectivity index (χ2v) is 6.27. The number of benzene rings is 2. The van der Waals surface area contributed by atoms with Crippen molar-refractivity contribution in [2.75, 3.05) is 26.3 Å². The Labute approximate surface area is 149 Å². The molecule has 4 nitrogen and oxygen atoms in total. The van der Waals surface area contributed by atoms with Gasteiger partial charge in [0.15, 0.2) is 0 Å². The van der Waals surface area contributed by atoms with E-state index >= 15 is 0 Å². The molecule has 0 radical (unpaired) electrons. The highest BCUT2D eigenvalue weighted by molar-refractivity contribution is 5.83. The van der Waals surface area contributed by atoms with Crippen LogP contribution >= 0.6 is 0 Å². The van der Waals surface area contributed by atoms with Crippen molar-refractivity contribution in [3.8, 4) is 5.75 Å². The number of aryl methyl sites for hydroxylation is 1. The first-order chi connectivity index (χ1) is 12.0. The number of rotatable bonds is 8. The summed E-state index contributed by atoms with van der Waals surface area (Å²) in [6, 6.07) is 14.0. The lowest BCUT2D eigenvalue weighted by Crippen LogP contribution is -2.29.